The van der Waals surface area contributed by atoms with Crippen molar-refractivity contribution in [3.63, 3.8) is 0 Å². The number of carbonyl (C=O) groups excluding carboxylic acids is 1. The Bertz CT molecular complexity index is 1130. The van der Waals surface area contributed by atoms with Crippen molar-refractivity contribution in [2.24, 2.45) is 5.92 Å². The molecule has 0 unspecified atom stereocenters. The normalized spacial score (nSPS) is 18.1. The third kappa shape index (κ3) is 6.77. The molecule has 1 fully saturated rings. The predicted molar refractivity (Wildman–Crippen MR) is 139 cm³/mol. The van der Waals surface area contributed by atoms with Crippen molar-refractivity contribution in [2.45, 2.75) is 70.4 Å². The predicted octanol–water partition coefficient (Wildman–Crippen LogP) is 9.28. The third-order valence-corrected chi connectivity index (χ3v) is 7.29. The highest BCUT2D eigenvalue weighted by atomic mass is 19.4. The fourth-order valence-corrected chi connectivity index (χ4v) is 5.14. The molecule has 1 amide bonds. The number of benzene rings is 3. The smallest absolute Gasteiger partial charge is 0.322 e. The molecular weight excluding hydrogens is 459 g/mol. The maximum absolute atomic E-state index is 12.9. The highest BCUT2D eigenvalue weighted by molar-refractivity contribution is 6.04. The molecule has 2 nitrogen and oxygen atoms in total. The summed E-state index contributed by atoms with van der Waals surface area (Å²) >= 11 is 0. The molecule has 4 rings (SSSR count). The number of hydrogen-bond donors (Lipinski definition) is 1. The van der Waals surface area contributed by atoms with Gasteiger partial charge in [-0.1, -0.05) is 75.1 Å². The number of amides is 1. The fourth-order valence-electron chi connectivity index (χ4n) is 5.14. The van der Waals surface area contributed by atoms with Gasteiger partial charge in [-0.3, -0.25) is 4.79 Å². The quantitative estimate of drug-likeness (QED) is 0.312. The molecule has 1 radical (unpaired) electrons. The average Bonchev–Trinajstić information content (AvgIpc) is 2.89. The lowest BCUT2D eigenvalue weighted by molar-refractivity contribution is -0.137. The van der Waals surface area contributed by atoms with Crippen molar-refractivity contribution in [2.75, 3.05) is 5.32 Å². The van der Waals surface area contributed by atoms with Gasteiger partial charge in [-0.15, -0.1) is 0 Å². The van der Waals surface area contributed by atoms with E-state index in [-0.39, 0.29) is 5.69 Å². The second-order valence-corrected chi connectivity index (χ2v) is 9.86. The van der Waals surface area contributed by atoms with Gasteiger partial charge in [0.25, 0.3) is 5.91 Å². The van der Waals surface area contributed by atoms with E-state index >= 15 is 0 Å². The summed E-state index contributed by atoms with van der Waals surface area (Å²) in [5, 5.41) is 2.53. The second kappa shape index (κ2) is 11.8. The molecule has 0 spiro atoms. The Hall–Kier alpha value is -3.08. The van der Waals surface area contributed by atoms with Gasteiger partial charge >= 0.3 is 6.18 Å². The van der Waals surface area contributed by atoms with Crippen molar-refractivity contribution in [1.29, 1.82) is 0 Å². The molecule has 3 aromatic rings. The molecule has 1 aliphatic rings. The summed E-state index contributed by atoms with van der Waals surface area (Å²) in [4.78, 5) is 12.5. The van der Waals surface area contributed by atoms with Crippen LogP contribution in [0.5, 0.6) is 0 Å². The van der Waals surface area contributed by atoms with Crippen molar-refractivity contribution >= 4 is 11.6 Å². The summed E-state index contributed by atoms with van der Waals surface area (Å²) in [6, 6.07) is 21.4. The van der Waals surface area contributed by atoms with Crippen molar-refractivity contribution in [1.82, 2.24) is 0 Å². The van der Waals surface area contributed by atoms with Crippen LogP contribution in [0.25, 0.3) is 11.1 Å². The summed E-state index contributed by atoms with van der Waals surface area (Å²) in [6.07, 6.45) is 6.07. The van der Waals surface area contributed by atoms with Gasteiger partial charge in [-0.05, 0) is 84.5 Å². The first kappa shape index (κ1) is 26.0. The monoisotopic (exact) mass is 492 g/mol. The largest absolute Gasteiger partial charge is 0.417 e. The van der Waals surface area contributed by atoms with E-state index < -0.39 is 17.6 Å². The van der Waals surface area contributed by atoms with E-state index in [1.807, 2.05) is 12.1 Å². The van der Waals surface area contributed by atoms with Gasteiger partial charge in [0.2, 0.25) is 0 Å². The molecule has 5 heteroatoms. The van der Waals surface area contributed by atoms with Gasteiger partial charge in [-0.2, -0.15) is 13.2 Å². The Morgan fingerprint density at radius 1 is 0.917 bits per heavy atom. The second-order valence-electron chi connectivity index (χ2n) is 9.86. The first-order valence-corrected chi connectivity index (χ1v) is 12.9. The van der Waals surface area contributed by atoms with Crippen LogP contribution in [0.2, 0.25) is 0 Å². The lowest BCUT2D eigenvalue weighted by Crippen LogP contribution is -2.13. The van der Waals surface area contributed by atoms with Crippen LogP contribution in [0.15, 0.2) is 66.7 Å². The Labute approximate surface area is 211 Å². The first-order chi connectivity index (χ1) is 17.3. The molecule has 0 saturated heterocycles. The fraction of sp³-hybridized carbons (Fsp3) is 0.387. The Morgan fingerprint density at radius 3 is 2.17 bits per heavy atom. The minimum Gasteiger partial charge on any atom is -0.322 e. The van der Waals surface area contributed by atoms with Gasteiger partial charge < -0.3 is 5.32 Å². The molecule has 0 atom stereocenters. The van der Waals surface area contributed by atoms with E-state index in [0.29, 0.717) is 11.5 Å². The Morgan fingerprint density at radius 2 is 1.56 bits per heavy atom. The van der Waals surface area contributed by atoms with Crippen LogP contribution in [0.1, 0.15) is 85.7 Å². The molecule has 1 N–H and O–H groups in total. The van der Waals surface area contributed by atoms with Crippen molar-refractivity contribution in [3.05, 3.63) is 89.5 Å². The van der Waals surface area contributed by atoms with Crippen LogP contribution in [0, 0.1) is 12.0 Å². The molecule has 0 bridgehead atoms. The molecule has 0 aliphatic heterocycles. The van der Waals surface area contributed by atoms with E-state index in [2.05, 4.69) is 42.6 Å². The van der Waals surface area contributed by atoms with E-state index in [1.54, 1.807) is 12.1 Å². The van der Waals surface area contributed by atoms with Crippen molar-refractivity contribution in [3.8, 4) is 11.1 Å². The number of rotatable bonds is 8. The minimum absolute atomic E-state index is 0.0840. The zero-order chi connectivity index (χ0) is 25.5. The number of hydrogen-bond acceptors (Lipinski definition) is 1. The zero-order valence-electron chi connectivity index (χ0n) is 20.7. The van der Waals surface area contributed by atoms with Gasteiger partial charge in [-0.25, -0.2) is 0 Å². The van der Waals surface area contributed by atoms with Gasteiger partial charge in [0.1, 0.15) is 0 Å². The molecule has 3 aromatic carbocycles. The van der Waals surface area contributed by atoms with Crippen LogP contribution in [0.4, 0.5) is 18.9 Å². The van der Waals surface area contributed by atoms with E-state index in [1.165, 1.54) is 63.0 Å². The standard InChI is InChI=1S/C31H33F3NO/c1-2-3-4-6-22-9-11-23(12-10-22)24-13-15-25(16-14-24)26-17-19-27(20-18-26)30(36)35-29-8-5-7-28(21-29)31(32,33)34/h5,8,13-23H,2-4,6,9-12H2,1H3,(H,35,36). The van der Waals surface area contributed by atoms with E-state index in [4.69, 9.17) is 0 Å². The summed E-state index contributed by atoms with van der Waals surface area (Å²) in [7, 11) is 0. The topological polar surface area (TPSA) is 29.1 Å². The van der Waals surface area contributed by atoms with Crippen LogP contribution in [-0.4, -0.2) is 5.91 Å². The summed E-state index contributed by atoms with van der Waals surface area (Å²) in [6.45, 7) is 2.26. The average molecular weight is 493 g/mol. The lowest BCUT2D eigenvalue weighted by Gasteiger charge is -2.29. The number of nitrogens with one attached hydrogen (secondary N) is 1. The molecule has 0 heterocycles. The van der Waals surface area contributed by atoms with Gasteiger partial charge in [0, 0.05) is 11.3 Å². The molecular formula is C31H33F3NO. The molecule has 189 valence electrons. The van der Waals surface area contributed by atoms with Crippen LogP contribution >= 0.6 is 0 Å². The minimum atomic E-state index is -4.51. The molecule has 1 aliphatic carbocycles. The van der Waals surface area contributed by atoms with Crippen LogP contribution < -0.4 is 5.32 Å². The molecule has 0 aromatic heterocycles. The van der Waals surface area contributed by atoms with Crippen LogP contribution in [0.3, 0.4) is 0 Å². The lowest BCUT2D eigenvalue weighted by atomic mass is 9.77. The highest BCUT2D eigenvalue weighted by Gasteiger charge is 2.31. The molecule has 1 saturated carbocycles. The zero-order valence-corrected chi connectivity index (χ0v) is 20.7. The summed E-state index contributed by atoms with van der Waals surface area (Å²) in [5.74, 6) is 1.08. The van der Waals surface area contributed by atoms with E-state index in [0.717, 1.165) is 29.2 Å². The summed E-state index contributed by atoms with van der Waals surface area (Å²) in [5.41, 5.74) is 3.02. The van der Waals surface area contributed by atoms with Crippen molar-refractivity contribution < 1.29 is 18.0 Å². The number of carbonyl (C=O) groups is 1. The first-order valence-electron chi connectivity index (χ1n) is 12.9. The SMILES string of the molecule is CCCCCC1CCC(c2ccc(-c3ccc(C(=O)Nc4cc[c]c(C(F)(F)F)c4)cc3)cc2)CC1. The number of alkyl halides is 3. The number of anilines is 1. The Balaban J connectivity index is 1.34. The van der Waals surface area contributed by atoms with E-state index in [9.17, 15) is 18.0 Å². The van der Waals surface area contributed by atoms with Gasteiger partial charge in [0.05, 0.1) is 5.56 Å². The molecule has 36 heavy (non-hydrogen) atoms. The third-order valence-electron chi connectivity index (χ3n) is 7.29. The van der Waals surface area contributed by atoms with Gasteiger partial charge in [0.15, 0.2) is 0 Å². The summed E-state index contributed by atoms with van der Waals surface area (Å²) < 4.78 is 38.7. The maximum atomic E-state index is 12.9. The highest BCUT2D eigenvalue weighted by Crippen LogP contribution is 2.38. The van der Waals surface area contributed by atoms with Crippen LogP contribution in [-0.2, 0) is 6.18 Å². The number of halogens is 3. The Kier molecular flexibility index (Phi) is 8.50. The number of unbranched alkanes of at least 4 members (excludes halogenated alkanes) is 2. The maximum Gasteiger partial charge on any atom is 0.417 e.